The van der Waals surface area contributed by atoms with Crippen LogP contribution in [0.15, 0.2) is 18.2 Å². The van der Waals surface area contributed by atoms with E-state index in [1.54, 1.807) is 7.05 Å². The van der Waals surface area contributed by atoms with Crippen molar-refractivity contribution in [2.45, 2.75) is 39.2 Å². The van der Waals surface area contributed by atoms with Crippen LogP contribution in [0, 0.1) is 6.92 Å². The van der Waals surface area contributed by atoms with Crippen LogP contribution in [-0.4, -0.2) is 19.0 Å². The Balaban J connectivity index is 2.83. The summed E-state index contributed by atoms with van der Waals surface area (Å²) in [5.74, 6) is 0.290. The largest absolute Gasteiger partial charge is 0.320 e. The van der Waals surface area contributed by atoms with Crippen LogP contribution in [-0.2, 0) is 11.2 Å². The van der Waals surface area contributed by atoms with E-state index in [0.717, 1.165) is 5.56 Å². The molecule has 0 bridgehead atoms. The van der Waals surface area contributed by atoms with Gasteiger partial charge in [0.15, 0.2) is 0 Å². The maximum Gasteiger partial charge on any atom is 0.251 e. The highest BCUT2D eigenvalue weighted by atomic mass is 16.2. The van der Waals surface area contributed by atoms with Crippen molar-refractivity contribution in [3.8, 4) is 0 Å². The molecule has 0 saturated carbocycles. The van der Waals surface area contributed by atoms with Gasteiger partial charge in [-0.25, -0.2) is 5.43 Å². The molecule has 0 saturated heterocycles. The first-order valence-electron chi connectivity index (χ1n) is 6.27. The smallest absolute Gasteiger partial charge is 0.251 e. The van der Waals surface area contributed by atoms with E-state index in [2.05, 4.69) is 42.9 Å². The second-order valence-electron chi connectivity index (χ2n) is 4.89. The van der Waals surface area contributed by atoms with Gasteiger partial charge in [0.2, 0.25) is 0 Å². The molecule has 0 aromatic heterocycles. The normalized spacial score (nSPS) is 12.6. The number of rotatable bonds is 5. The van der Waals surface area contributed by atoms with Crippen molar-refractivity contribution in [3.63, 3.8) is 0 Å². The SMILES string of the molecule is CNNC(=O)C(N)Cc1cc(C(C)C)ccc1C. The fourth-order valence-corrected chi connectivity index (χ4v) is 1.82. The quantitative estimate of drug-likeness (QED) is 0.688. The van der Waals surface area contributed by atoms with Gasteiger partial charge in [0.05, 0.1) is 6.04 Å². The van der Waals surface area contributed by atoms with E-state index in [0.29, 0.717) is 12.3 Å². The third-order valence-electron chi connectivity index (χ3n) is 3.06. The lowest BCUT2D eigenvalue weighted by molar-refractivity contribution is -0.123. The Hall–Kier alpha value is -1.39. The molecule has 1 unspecified atom stereocenters. The first-order valence-corrected chi connectivity index (χ1v) is 6.27. The van der Waals surface area contributed by atoms with Crippen LogP contribution in [0.1, 0.15) is 36.5 Å². The highest BCUT2D eigenvalue weighted by Gasteiger charge is 2.15. The van der Waals surface area contributed by atoms with Crippen LogP contribution in [0.3, 0.4) is 0 Å². The van der Waals surface area contributed by atoms with Crippen LogP contribution >= 0.6 is 0 Å². The lowest BCUT2D eigenvalue weighted by atomic mass is 9.94. The fourth-order valence-electron chi connectivity index (χ4n) is 1.82. The molecule has 1 atom stereocenters. The summed E-state index contributed by atoms with van der Waals surface area (Å²) in [5, 5.41) is 0. The third kappa shape index (κ3) is 3.82. The minimum atomic E-state index is -0.529. The van der Waals surface area contributed by atoms with Crippen molar-refractivity contribution >= 4 is 5.91 Å². The first-order chi connectivity index (χ1) is 8.45. The van der Waals surface area contributed by atoms with Crippen molar-refractivity contribution in [2.24, 2.45) is 5.73 Å². The Labute approximate surface area is 109 Å². The number of carbonyl (C=O) groups excluding carboxylic acids is 1. The van der Waals surface area contributed by atoms with Crippen LogP contribution in [0.25, 0.3) is 0 Å². The summed E-state index contributed by atoms with van der Waals surface area (Å²) in [5.41, 5.74) is 14.6. The summed E-state index contributed by atoms with van der Waals surface area (Å²) in [6, 6.07) is 5.83. The van der Waals surface area contributed by atoms with Gasteiger partial charge in [-0.2, -0.15) is 0 Å². The minimum Gasteiger partial charge on any atom is -0.320 e. The van der Waals surface area contributed by atoms with E-state index in [1.165, 1.54) is 11.1 Å². The molecule has 0 spiro atoms. The van der Waals surface area contributed by atoms with Crippen molar-refractivity contribution in [2.75, 3.05) is 7.05 Å². The Kier molecular flexibility index (Phi) is 5.31. The molecule has 1 aromatic rings. The number of hydrazine groups is 1. The summed E-state index contributed by atoms with van der Waals surface area (Å²) in [6.45, 7) is 6.35. The van der Waals surface area contributed by atoms with Crippen molar-refractivity contribution < 1.29 is 4.79 Å². The summed E-state index contributed by atoms with van der Waals surface area (Å²) >= 11 is 0. The number of hydrogen-bond donors (Lipinski definition) is 3. The maximum absolute atomic E-state index is 11.6. The molecule has 0 aliphatic rings. The van der Waals surface area contributed by atoms with E-state index in [-0.39, 0.29) is 5.91 Å². The zero-order valence-electron chi connectivity index (χ0n) is 11.6. The lowest BCUT2D eigenvalue weighted by Gasteiger charge is -2.15. The van der Waals surface area contributed by atoms with Gasteiger partial charge in [-0.05, 0) is 36.0 Å². The number of benzene rings is 1. The Morgan fingerprint density at radius 2 is 2.06 bits per heavy atom. The van der Waals surface area contributed by atoms with Gasteiger partial charge in [0.1, 0.15) is 0 Å². The lowest BCUT2D eigenvalue weighted by Crippen LogP contribution is -2.46. The number of nitrogens with two attached hydrogens (primary N) is 1. The summed E-state index contributed by atoms with van der Waals surface area (Å²) in [4.78, 5) is 11.6. The second kappa shape index (κ2) is 6.52. The average molecular weight is 249 g/mol. The zero-order valence-corrected chi connectivity index (χ0v) is 11.6. The van der Waals surface area contributed by atoms with E-state index in [9.17, 15) is 4.79 Å². The Bertz CT molecular complexity index is 416. The fraction of sp³-hybridized carbons (Fsp3) is 0.500. The number of carbonyl (C=O) groups is 1. The standard InChI is InChI=1S/C14H23N3O/c1-9(2)11-6-5-10(3)12(7-11)8-13(15)14(18)17-16-4/h5-7,9,13,16H,8,15H2,1-4H3,(H,17,18). The molecule has 0 aliphatic carbocycles. The Morgan fingerprint density at radius 1 is 1.39 bits per heavy atom. The topological polar surface area (TPSA) is 67.1 Å². The number of nitrogens with one attached hydrogen (secondary N) is 2. The molecule has 0 aliphatic heterocycles. The van der Waals surface area contributed by atoms with Crippen molar-refractivity contribution in [3.05, 3.63) is 34.9 Å². The molecular weight excluding hydrogens is 226 g/mol. The number of hydrogen-bond acceptors (Lipinski definition) is 3. The van der Waals surface area contributed by atoms with Gasteiger partial charge in [0, 0.05) is 7.05 Å². The molecule has 1 amide bonds. The third-order valence-corrected chi connectivity index (χ3v) is 3.06. The molecular formula is C14H23N3O. The molecule has 0 radical (unpaired) electrons. The van der Waals surface area contributed by atoms with Crippen LogP contribution in [0.2, 0.25) is 0 Å². The molecule has 0 heterocycles. The molecule has 1 rings (SSSR count). The van der Waals surface area contributed by atoms with Gasteiger partial charge in [-0.15, -0.1) is 0 Å². The monoisotopic (exact) mass is 249 g/mol. The summed E-state index contributed by atoms with van der Waals surface area (Å²) in [7, 11) is 1.65. The second-order valence-corrected chi connectivity index (χ2v) is 4.89. The van der Waals surface area contributed by atoms with Crippen LogP contribution < -0.4 is 16.6 Å². The summed E-state index contributed by atoms with van der Waals surface area (Å²) in [6.07, 6.45) is 0.555. The summed E-state index contributed by atoms with van der Waals surface area (Å²) < 4.78 is 0. The first kappa shape index (κ1) is 14.7. The highest BCUT2D eigenvalue weighted by molar-refractivity contribution is 5.81. The van der Waals surface area contributed by atoms with E-state index in [4.69, 9.17) is 5.73 Å². The molecule has 4 heteroatoms. The molecule has 4 nitrogen and oxygen atoms in total. The van der Waals surface area contributed by atoms with E-state index in [1.807, 2.05) is 6.92 Å². The van der Waals surface area contributed by atoms with Gasteiger partial charge in [-0.3, -0.25) is 10.2 Å². The molecule has 100 valence electrons. The van der Waals surface area contributed by atoms with Crippen molar-refractivity contribution in [1.82, 2.24) is 10.9 Å². The Morgan fingerprint density at radius 3 is 2.61 bits per heavy atom. The molecule has 18 heavy (non-hydrogen) atoms. The van der Waals surface area contributed by atoms with E-state index < -0.39 is 6.04 Å². The number of amides is 1. The van der Waals surface area contributed by atoms with Gasteiger partial charge in [-0.1, -0.05) is 32.0 Å². The minimum absolute atomic E-state index is 0.188. The number of aryl methyl sites for hydroxylation is 1. The van der Waals surface area contributed by atoms with Crippen LogP contribution in [0.4, 0.5) is 0 Å². The van der Waals surface area contributed by atoms with Gasteiger partial charge in [0.25, 0.3) is 5.91 Å². The zero-order chi connectivity index (χ0) is 13.7. The van der Waals surface area contributed by atoms with E-state index >= 15 is 0 Å². The average Bonchev–Trinajstić information content (AvgIpc) is 2.31. The predicted molar refractivity (Wildman–Crippen MR) is 74.1 cm³/mol. The molecule has 4 N–H and O–H groups in total. The van der Waals surface area contributed by atoms with Crippen LogP contribution in [0.5, 0.6) is 0 Å². The predicted octanol–water partition coefficient (Wildman–Crippen LogP) is 1.24. The molecule has 0 fully saturated rings. The van der Waals surface area contributed by atoms with Crippen molar-refractivity contribution in [1.29, 1.82) is 0 Å². The maximum atomic E-state index is 11.6. The highest BCUT2D eigenvalue weighted by Crippen LogP contribution is 2.19. The molecule has 1 aromatic carbocycles. The van der Waals surface area contributed by atoms with Gasteiger partial charge >= 0.3 is 0 Å². The van der Waals surface area contributed by atoms with Gasteiger partial charge < -0.3 is 5.73 Å².